The molecule has 2 N–H and O–H groups in total. The zero-order valence-electron chi connectivity index (χ0n) is 14.2. The van der Waals surface area contributed by atoms with E-state index in [1.54, 1.807) is 24.3 Å². The van der Waals surface area contributed by atoms with Gasteiger partial charge in [-0.3, -0.25) is 9.59 Å². The molecule has 1 saturated heterocycles. The fraction of sp³-hybridized carbons (Fsp3) is 0.579. The van der Waals surface area contributed by atoms with E-state index in [0.717, 1.165) is 24.3 Å². The molecular weight excluding hydrogens is 304 g/mol. The first-order chi connectivity index (χ1) is 11.6. The summed E-state index contributed by atoms with van der Waals surface area (Å²) in [5.74, 6) is 0.468. The van der Waals surface area contributed by atoms with Crippen LogP contribution in [0.25, 0.3) is 0 Å². The maximum absolute atomic E-state index is 12.5. The van der Waals surface area contributed by atoms with E-state index in [2.05, 4.69) is 12.2 Å². The summed E-state index contributed by atoms with van der Waals surface area (Å²) < 4.78 is 0. The van der Waals surface area contributed by atoms with Gasteiger partial charge in [0.15, 0.2) is 0 Å². The number of hydrogen-bond acceptors (Lipinski definition) is 3. The van der Waals surface area contributed by atoms with Crippen LogP contribution in [0, 0.1) is 11.8 Å². The Hall–Kier alpha value is -1.88. The number of nitrogens with one attached hydrogen (secondary N) is 1. The van der Waals surface area contributed by atoms with Gasteiger partial charge in [0.1, 0.15) is 0 Å². The molecule has 1 aromatic rings. The summed E-state index contributed by atoms with van der Waals surface area (Å²) in [5.41, 5.74) is 1.43. The monoisotopic (exact) mass is 330 g/mol. The second kappa shape index (κ2) is 7.34. The number of carbonyl (C=O) groups excluding carboxylic acids is 2. The van der Waals surface area contributed by atoms with Crippen molar-refractivity contribution in [3.63, 3.8) is 0 Å². The van der Waals surface area contributed by atoms with Gasteiger partial charge in [-0.2, -0.15) is 0 Å². The molecular formula is C19H26N2O3. The summed E-state index contributed by atoms with van der Waals surface area (Å²) in [6, 6.07) is 7.48. The maximum Gasteiger partial charge on any atom is 0.229 e. The van der Waals surface area contributed by atoms with Crippen LogP contribution in [0.3, 0.4) is 0 Å². The molecule has 2 aliphatic rings. The molecule has 130 valence electrons. The van der Waals surface area contributed by atoms with Gasteiger partial charge < -0.3 is 15.3 Å². The number of likely N-dealkylation sites (tertiary alicyclic amines) is 1. The van der Waals surface area contributed by atoms with Crippen LogP contribution in [0.2, 0.25) is 0 Å². The second-order valence-electron chi connectivity index (χ2n) is 7.21. The highest BCUT2D eigenvalue weighted by atomic mass is 16.3. The summed E-state index contributed by atoms with van der Waals surface area (Å²) in [6.45, 7) is 2.74. The van der Waals surface area contributed by atoms with Crippen molar-refractivity contribution in [2.45, 2.75) is 51.7 Å². The Kier molecular flexibility index (Phi) is 5.19. The maximum atomic E-state index is 12.5. The molecule has 2 fully saturated rings. The molecule has 1 saturated carbocycles. The highest BCUT2D eigenvalue weighted by molar-refractivity contribution is 5.97. The fourth-order valence-electron chi connectivity index (χ4n) is 3.81. The Bertz CT molecular complexity index is 608. The van der Waals surface area contributed by atoms with Crippen LogP contribution < -0.4 is 5.32 Å². The van der Waals surface area contributed by atoms with Crippen molar-refractivity contribution in [1.82, 2.24) is 4.90 Å². The quantitative estimate of drug-likeness (QED) is 0.891. The van der Waals surface area contributed by atoms with Crippen LogP contribution in [-0.4, -0.2) is 34.4 Å². The standard InChI is InChI=1S/C19H26N2O3/c1-13-5-7-17(8-6-13)21-11-15(10-18(21)23)19(24)20-16-4-2-3-14(9-16)12-22/h2-4,9,13,15,17,22H,5-8,10-12H2,1H3,(H,20,24). The lowest BCUT2D eigenvalue weighted by Crippen LogP contribution is -2.39. The average molecular weight is 330 g/mol. The van der Waals surface area contributed by atoms with Crippen LogP contribution in [0.5, 0.6) is 0 Å². The average Bonchev–Trinajstić information content (AvgIpc) is 2.98. The molecule has 3 rings (SSSR count). The predicted molar refractivity (Wildman–Crippen MR) is 92.2 cm³/mol. The normalized spacial score (nSPS) is 27.3. The first-order valence-electron chi connectivity index (χ1n) is 8.87. The number of nitrogens with zero attached hydrogens (tertiary/aromatic N) is 1. The summed E-state index contributed by atoms with van der Waals surface area (Å²) in [6.07, 6.45) is 4.75. The number of carbonyl (C=O) groups is 2. The van der Waals surface area contributed by atoms with Crippen molar-refractivity contribution in [3.8, 4) is 0 Å². The zero-order chi connectivity index (χ0) is 17.1. The van der Waals surface area contributed by atoms with Crippen LogP contribution >= 0.6 is 0 Å². The van der Waals surface area contributed by atoms with Gasteiger partial charge in [0.25, 0.3) is 0 Å². The molecule has 1 aliphatic heterocycles. The highest BCUT2D eigenvalue weighted by Crippen LogP contribution is 2.31. The largest absolute Gasteiger partial charge is 0.392 e. The van der Waals surface area contributed by atoms with Gasteiger partial charge in [-0.05, 0) is 49.3 Å². The molecule has 0 bridgehead atoms. The minimum Gasteiger partial charge on any atom is -0.392 e. The Morgan fingerprint density at radius 3 is 2.75 bits per heavy atom. The van der Waals surface area contributed by atoms with E-state index in [1.165, 1.54) is 12.8 Å². The molecule has 24 heavy (non-hydrogen) atoms. The fourth-order valence-corrected chi connectivity index (χ4v) is 3.81. The van der Waals surface area contributed by atoms with Gasteiger partial charge in [-0.25, -0.2) is 0 Å². The molecule has 1 atom stereocenters. The van der Waals surface area contributed by atoms with Crippen molar-refractivity contribution in [2.24, 2.45) is 11.8 Å². The molecule has 2 amide bonds. The van der Waals surface area contributed by atoms with E-state index in [0.29, 0.717) is 24.7 Å². The van der Waals surface area contributed by atoms with E-state index >= 15 is 0 Å². The second-order valence-corrected chi connectivity index (χ2v) is 7.21. The van der Waals surface area contributed by atoms with Crippen molar-refractivity contribution in [1.29, 1.82) is 0 Å². The number of aliphatic hydroxyl groups excluding tert-OH is 1. The zero-order valence-corrected chi connectivity index (χ0v) is 14.2. The Morgan fingerprint density at radius 2 is 2.04 bits per heavy atom. The van der Waals surface area contributed by atoms with Crippen molar-refractivity contribution >= 4 is 17.5 Å². The topological polar surface area (TPSA) is 69.6 Å². The lowest BCUT2D eigenvalue weighted by atomic mass is 9.87. The van der Waals surface area contributed by atoms with Crippen LogP contribution in [-0.2, 0) is 16.2 Å². The first kappa shape index (κ1) is 17.0. The molecule has 5 nitrogen and oxygen atoms in total. The lowest BCUT2D eigenvalue weighted by Gasteiger charge is -2.33. The molecule has 0 radical (unpaired) electrons. The van der Waals surface area contributed by atoms with E-state index in [1.807, 2.05) is 4.90 Å². The number of amides is 2. The van der Waals surface area contributed by atoms with Crippen molar-refractivity contribution in [2.75, 3.05) is 11.9 Å². The molecule has 5 heteroatoms. The third-order valence-corrected chi connectivity index (χ3v) is 5.33. The Balaban J connectivity index is 1.59. The third-order valence-electron chi connectivity index (χ3n) is 5.33. The first-order valence-corrected chi connectivity index (χ1v) is 8.87. The van der Waals surface area contributed by atoms with Crippen molar-refractivity contribution < 1.29 is 14.7 Å². The SMILES string of the molecule is CC1CCC(N2CC(C(=O)Nc3cccc(CO)c3)CC2=O)CC1. The van der Waals surface area contributed by atoms with E-state index in [-0.39, 0.29) is 24.3 Å². The molecule has 1 aromatic carbocycles. The van der Waals surface area contributed by atoms with E-state index < -0.39 is 0 Å². The van der Waals surface area contributed by atoms with E-state index in [9.17, 15) is 14.7 Å². The van der Waals surface area contributed by atoms with Gasteiger partial charge in [-0.15, -0.1) is 0 Å². The molecule has 1 heterocycles. The van der Waals surface area contributed by atoms with Gasteiger partial charge >= 0.3 is 0 Å². The van der Waals surface area contributed by atoms with Crippen LogP contribution in [0.4, 0.5) is 5.69 Å². The smallest absolute Gasteiger partial charge is 0.229 e. The highest BCUT2D eigenvalue weighted by Gasteiger charge is 2.38. The predicted octanol–water partition coefficient (Wildman–Crippen LogP) is 2.54. The summed E-state index contributed by atoms with van der Waals surface area (Å²) in [4.78, 5) is 26.8. The number of aliphatic hydroxyl groups is 1. The van der Waals surface area contributed by atoms with Gasteiger partial charge in [-0.1, -0.05) is 19.1 Å². The molecule has 1 aliphatic carbocycles. The lowest BCUT2D eigenvalue weighted by molar-refractivity contribution is -0.130. The van der Waals surface area contributed by atoms with Gasteiger partial charge in [0.2, 0.25) is 11.8 Å². The minimum atomic E-state index is -0.283. The number of anilines is 1. The van der Waals surface area contributed by atoms with E-state index in [4.69, 9.17) is 0 Å². The van der Waals surface area contributed by atoms with Crippen LogP contribution in [0.1, 0.15) is 44.6 Å². The minimum absolute atomic E-state index is 0.0560. The summed E-state index contributed by atoms with van der Waals surface area (Å²) in [5, 5.41) is 12.1. The summed E-state index contributed by atoms with van der Waals surface area (Å²) >= 11 is 0. The Morgan fingerprint density at radius 1 is 1.29 bits per heavy atom. The number of benzene rings is 1. The Labute approximate surface area is 143 Å². The van der Waals surface area contributed by atoms with Gasteiger partial charge in [0.05, 0.1) is 12.5 Å². The number of rotatable bonds is 4. The number of hydrogen-bond donors (Lipinski definition) is 2. The van der Waals surface area contributed by atoms with Crippen molar-refractivity contribution in [3.05, 3.63) is 29.8 Å². The van der Waals surface area contributed by atoms with Gasteiger partial charge in [0, 0.05) is 24.7 Å². The third kappa shape index (κ3) is 3.78. The molecule has 0 spiro atoms. The van der Waals surface area contributed by atoms with Crippen LogP contribution in [0.15, 0.2) is 24.3 Å². The molecule has 1 unspecified atom stereocenters. The molecule has 0 aromatic heterocycles. The summed E-state index contributed by atoms with van der Waals surface area (Å²) in [7, 11) is 0.